The number of H-pyrrole nitrogens is 1. The Kier molecular flexibility index (Phi) is 5.15. The normalized spacial score (nSPS) is 26.4. The fourth-order valence-corrected chi connectivity index (χ4v) is 2.51. The van der Waals surface area contributed by atoms with Gasteiger partial charge in [0.1, 0.15) is 6.23 Å². The molecule has 21 heavy (non-hydrogen) atoms. The third-order valence-corrected chi connectivity index (χ3v) is 3.88. The minimum atomic E-state index is -2.56. The van der Waals surface area contributed by atoms with Crippen LogP contribution in [0.3, 0.4) is 0 Å². The maximum atomic E-state index is 11.7. The molecule has 0 bridgehead atoms. The molecule has 1 aromatic heterocycles. The molecule has 1 fully saturated rings. The van der Waals surface area contributed by atoms with E-state index >= 15 is 0 Å². The summed E-state index contributed by atoms with van der Waals surface area (Å²) in [6.07, 6.45) is 6.07. The zero-order valence-electron chi connectivity index (χ0n) is 11.3. The third-order valence-electron chi connectivity index (χ3n) is 3.14. The van der Waals surface area contributed by atoms with E-state index in [1.54, 1.807) is 0 Å². The summed E-state index contributed by atoms with van der Waals surface area (Å²) in [6.45, 7) is 0.00903. The molecule has 0 aromatic carbocycles. The maximum Gasteiger partial charge on any atom is 0.330 e. The first kappa shape index (κ1) is 15.7. The first-order valence-electron chi connectivity index (χ1n) is 6.19. The Morgan fingerprint density at radius 1 is 1.62 bits per heavy atom. The van der Waals surface area contributed by atoms with E-state index in [2.05, 4.69) is 15.4 Å². The average molecular weight is 314 g/mol. The van der Waals surface area contributed by atoms with E-state index in [1.807, 2.05) is 0 Å². The molecular weight excluding hydrogens is 299 g/mol. The van der Waals surface area contributed by atoms with E-state index in [0.717, 1.165) is 0 Å². The number of terminal acetylenes is 1. The molecule has 0 radical (unpaired) electrons. The van der Waals surface area contributed by atoms with Crippen molar-refractivity contribution in [3.63, 3.8) is 0 Å². The fourth-order valence-electron chi connectivity index (χ4n) is 2.09. The van der Waals surface area contributed by atoms with Gasteiger partial charge in [0.05, 0.1) is 18.6 Å². The van der Waals surface area contributed by atoms with Crippen molar-refractivity contribution >= 4 is 8.25 Å². The van der Waals surface area contributed by atoms with Crippen LogP contribution in [0.25, 0.3) is 0 Å². The highest BCUT2D eigenvalue weighted by atomic mass is 31.1. The summed E-state index contributed by atoms with van der Waals surface area (Å²) >= 11 is 0. The molecule has 0 saturated carbocycles. The van der Waals surface area contributed by atoms with Crippen LogP contribution in [0.5, 0.6) is 0 Å². The zero-order chi connectivity index (χ0) is 15.4. The van der Waals surface area contributed by atoms with E-state index in [4.69, 9.17) is 15.7 Å². The average Bonchev–Trinajstić information content (AvgIpc) is 2.87. The molecule has 9 heteroatoms. The number of aromatic amines is 1. The largest absolute Gasteiger partial charge is 0.351 e. The smallest absolute Gasteiger partial charge is 0.330 e. The van der Waals surface area contributed by atoms with Crippen LogP contribution in [0.4, 0.5) is 0 Å². The monoisotopic (exact) mass is 314 g/mol. The Labute approximate surface area is 121 Å². The Morgan fingerprint density at radius 2 is 2.38 bits per heavy atom. The summed E-state index contributed by atoms with van der Waals surface area (Å²) in [5.74, 6) is 2.27. The second kappa shape index (κ2) is 6.87. The van der Waals surface area contributed by atoms with Gasteiger partial charge >= 0.3 is 13.9 Å². The molecule has 1 aliphatic heterocycles. The van der Waals surface area contributed by atoms with Crippen molar-refractivity contribution in [2.24, 2.45) is 5.92 Å². The molecular formula is C12H15N2O6P. The molecule has 2 heterocycles. The molecule has 2 rings (SSSR count). The molecule has 0 spiro atoms. The number of ether oxygens (including phenoxy) is 1. The summed E-state index contributed by atoms with van der Waals surface area (Å²) in [5.41, 5.74) is -1.06. The van der Waals surface area contributed by atoms with Crippen LogP contribution in [0.2, 0.25) is 0 Å². The predicted octanol–water partition coefficient (Wildman–Crippen LogP) is 0.126. The van der Waals surface area contributed by atoms with E-state index in [-0.39, 0.29) is 12.5 Å². The van der Waals surface area contributed by atoms with Crippen molar-refractivity contribution in [3.05, 3.63) is 33.1 Å². The van der Waals surface area contributed by atoms with Gasteiger partial charge in [-0.1, -0.05) is 0 Å². The number of aromatic nitrogens is 2. The second-order valence-corrected chi connectivity index (χ2v) is 5.62. The summed E-state index contributed by atoms with van der Waals surface area (Å²) in [7, 11) is -1.28. The highest BCUT2D eigenvalue weighted by Crippen LogP contribution is 2.34. The molecule has 1 aromatic rings. The van der Waals surface area contributed by atoms with Gasteiger partial charge < -0.3 is 13.8 Å². The molecule has 0 aliphatic carbocycles. The van der Waals surface area contributed by atoms with Crippen molar-refractivity contribution in [3.8, 4) is 12.3 Å². The molecule has 8 nitrogen and oxygen atoms in total. The topological polar surface area (TPSA) is 99.6 Å². The van der Waals surface area contributed by atoms with E-state index < -0.39 is 31.8 Å². The van der Waals surface area contributed by atoms with Crippen molar-refractivity contribution in [1.29, 1.82) is 0 Å². The molecule has 0 amide bonds. The number of hydrogen-bond acceptors (Lipinski definition) is 6. The van der Waals surface area contributed by atoms with E-state index in [1.165, 1.54) is 23.9 Å². The lowest BCUT2D eigenvalue weighted by molar-refractivity contribution is -0.0248. The lowest BCUT2D eigenvalue weighted by Crippen LogP contribution is -2.31. The standard InChI is InChI=1S/C12H15N2O6P/c1-3-8-6-11(14-5-4-10(15)13-12(14)16)20-9(8)7-19-21(17)18-2/h1,4-5,8-9,11,21H,6-7H2,2H3,(H,13,15,16)/t8-,9?,11?/m0/s1. The van der Waals surface area contributed by atoms with Crippen LogP contribution in [-0.4, -0.2) is 29.4 Å². The Bertz CT molecular complexity index is 675. The summed E-state index contributed by atoms with van der Waals surface area (Å²) in [4.78, 5) is 24.9. The first-order valence-corrected chi connectivity index (χ1v) is 7.41. The molecule has 114 valence electrons. The van der Waals surface area contributed by atoms with Gasteiger partial charge in [0.15, 0.2) is 0 Å². The highest BCUT2D eigenvalue weighted by Gasteiger charge is 2.36. The number of nitrogens with zero attached hydrogens (tertiary/aromatic N) is 1. The summed E-state index contributed by atoms with van der Waals surface area (Å²) in [5, 5.41) is 0. The molecule has 1 N–H and O–H groups in total. The Hall–Kier alpha value is -1.65. The third kappa shape index (κ3) is 3.71. The fraction of sp³-hybridized carbons (Fsp3) is 0.500. The van der Waals surface area contributed by atoms with Crippen LogP contribution in [-0.2, 0) is 18.3 Å². The van der Waals surface area contributed by atoms with Crippen molar-refractivity contribution in [1.82, 2.24) is 9.55 Å². The predicted molar refractivity (Wildman–Crippen MR) is 74.1 cm³/mol. The van der Waals surface area contributed by atoms with Gasteiger partial charge in [-0.25, -0.2) is 4.79 Å². The van der Waals surface area contributed by atoms with Gasteiger partial charge in [-0.05, 0) is 0 Å². The number of rotatable bonds is 5. The quantitative estimate of drug-likeness (QED) is 0.612. The van der Waals surface area contributed by atoms with Crippen LogP contribution in [0.15, 0.2) is 21.9 Å². The van der Waals surface area contributed by atoms with Crippen LogP contribution < -0.4 is 11.2 Å². The minimum Gasteiger partial charge on any atom is -0.351 e. The van der Waals surface area contributed by atoms with Crippen molar-refractivity contribution in [2.75, 3.05) is 13.7 Å². The van der Waals surface area contributed by atoms with E-state index in [9.17, 15) is 14.2 Å². The molecule has 3 unspecified atom stereocenters. The van der Waals surface area contributed by atoms with Gasteiger partial charge in [0.2, 0.25) is 0 Å². The van der Waals surface area contributed by atoms with Crippen LogP contribution in [0, 0.1) is 18.3 Å². The summed E-state index contributed by atoms with van der Waals surface area (Å²) in [6, 6.07) is 1.23. The molecule has 1 aliphatic rings. The molecule has 4 atom stereocenters. The molecule has 1 saturated heterocycles. The Morgan fingerprint density at radius 3 is 3.00 bits per heavy atom. The van der Waals surface area contributed by atoms with Crippen molar-refractivity contribution in [2.45, 2.75) is 18.8 Å². The second-order valence-electron chi connectivity index (χ2n) is 4.42. The van der Waals surface area contributed by atoms with Gasteiger partial charge in [0.25, 0.3) is 5.56 Å². The SMILES string of the molecule is C#C[C@H]1CC(n2ccc(=O)[nH]c2=O)OC1CO[PH](=O)OC. The van der Waals surface area contributed by atoms with Crippen LogP contribution >= 0.6 is 8.25 Å². The number of hydrogen-bond donors (Lipinski definition) is 1. The van der Waals surface area contributed by atoms with Gasteiger partial charge in [0, 0.05) is 25.8 Å². The van der Waals surface area contributed by atoms with Gasteiger partial charge in [-0.2, -0.15) is 0 Å². The zero-order valence-corrected chi connectivity index (χ0v) is 12.3. The van der Waals surface area contributed by atoms with Gasteiger partial charge in [-0.15, -0.1) is 12.3 Å². The van der Waals surface area contributed by atoms with Gasteiger partial charge in [-0.3, -0.25) is 18.9 Å². The summed E-state index contributed by atoms with van der Waals surface area (Å²) < 4.78 is 27.6. The number of nitrogens with one attached hydrogen (secondary N) is 1. The highest BCUT2D eigenvalue weighted by molar-refractivity contribution is 7.33. The first-order chi connectivity index (χ1) is 10.0. The minimum absolute atomic E-state index is 0.00903. The lowest BCUT2D eigenvalue weighted by Gasteiger charge is -2.15. The lowest BCUT2D eigenvalue weighted by atomic mass is 10.0. The Balaban J connectivity index is 2.11. The van der Waals surface area contributed by atoms with E-state index in [0.29, 0.717) is 6.42 Å². The maximum absolute atomic E-state index is 11.7. The van der Waals surface area contributed by atoms with Crippen LogP contribution in [0.1, 0.15) is 12.6 Å². The van der Waals surface area contributed by atoms with Crippen molar-refractivity contribution < 1.29 is 18.3 Å².